The molecule has 0 fully saturated rings. The summed E-state index contributed by atoms with van der Waals surface area (Å²) in [5, 5.41) is 10.3. The van der Waals surface area contributed by atoms with Gasteiger partial charge in [0, 0.05) is 12.6 Å². The van der Waals surface area contributed by atoms with E-state index in [0.29, 0.717) is 11.4 Å². The molecule has 0 unspecified atom stereocenters. The molecule has 0 aliphatic carbocycles. The van der Waals surface area contributed by atoms with Crippen LogP contribution in [0, 0.1) is 12.8 Å². The van der Waals surface area contributed by atoms with Crippen LogP contribution in [0.2, 0.25) is 0 Å². The Morgan fingerprint density at radius 3 is 2.37 bits per heavy atom. The van der Waals surface area contributed by atoms with E-state index in [-0.39, 0.29) is 30.6 Å². The molecule has 0 spiro atoms. The number of methoxy groups -OCH3 is 1. The maximum absolute atomic E-state index is 13.4. The third kappa shape index (κ3) is 6.28. The van der Waals surface area contributed by atoms with Crippen molar-refractivity contribution in [1.82, 2.24) is 14.1 Å². The van der Waals surface area contributed by atoms with Crippen molar-refractivity contribution in [2.45, 2.75) is 46.9 Å². The van der Waals surface area contributed by atoms with Crippen molar-refractivity contribution in [3.63, 3.8) is 0 Å². The minimum Gasteiger partial charge on any atom is -0.504 e. The number of hydrogen-bond acceptors (Lipinski definition) is 7. The van der Waals surface area contributed by atoms with E-state index in [1.165, 1.54) is 17.7 Å². The summed E-state index contributed by atoms with van der Waals surface area (Å²) in [4.78, 5) is 45.1. The molecule has 1 heterocycles. The van der Waals surface area contributed by atoms with Gasteiger partial charge in [0.05, 0.1) is 31.4 Å². The van der Waals surface area contributed by atoms with Gasteiger partial charge >= 0.3 is 17.3 Å². The Labute approximate surface area is 202 Å². The Hall–Kier alpha value is -4.08. The minimum atomic E-state index is -0.714. The quantitative estimate of drug-likeness (QED) is 0.474. The maximum Gasteiger partial charge on any atom is 0.335 e. The van der Waals surface area contributed by atoms with Crippen molar-refractivity contribution in [1.29, 1.82) is 0 Å². The number of phenolic OH excluding ortho intramolecular Hbond substituents is 1. The molecule has 1 atom stereocenters. The molecular weight excluding hydrogens is 452 g/mol. The highest BCUT2D eigenvalue weighted by molar-refractivity contribution is 5.71. The molecule has 0 saturated heterocycles. The van der Waals surface area contributed by atoms with Crippen LogP contribution in [0.4, 0.5) is 5.69 Å². The summed E-state index contributed by atoms with van der Waals surface area (Å²) in [5.74, 6) is -1.06. The van der Waals surface area contributed by atoms with Gasteiger partial charge in [-0.2, -0.15) is 0 Å². The fraction of sp³-hybridized carbons (Fsp3) is 0.360. The molecule has 0 saturated carbocycles. The van der Waals surface area contributed by atoms with Crippen LogP contribution in [-0.2, 0) is 22.6 Å². The van der Waals surface area contributed by atoms with Crippen molar-refractivity contribution in [2.75, 3.05) is 7.11 Å². The minimum absolute atomic E-state index is 0.000487. The molecule has 1 aromatic heterocycles. The summed E-state index contributed by atoms with van der Waals surface area (Å²) in [6.07, 6.45) is -0.128. The summed E-state index contributed by atoms with van der Waals surface area (Å²) >= 11 is 0. The number of aromatic amines is 1. The van der Waals surface area contributed by atoms with Gasteiger partial charge in [0.1, 0.15) is 0 Å². The van der Waals surface area contributed by atoms with Crippen LogP contribution in [-0.4, -0.2) is 38.4 Å². The van der Waals surface area contributed by atoms with E-state index in [1.807, 2.05) is 45.0 Å². The van der Waals surface area contributed by atoms with E-state index in [2.05, 4.69) is 9.98 Å². The van der Waals surface area contributed by atoms with Crippen LogP contribution in [0.5, 0.6) is 11.5 Å². The zero-order valence-corrected chi connectivity index (χ0v) is 20.4. The molecular formula is C25H30N4O6. The van der Waals surface area contributed by atoms with Crippen LogP contribution in [0.1, 0.15) is 31.9 Å². The fourth-order valence-corrected chi connectivity index (χ4v) is 3.42. The fourth-order valence-electron chi connectivity index (χ4n) is 3.42. The number of aromatic nitrogens is 3. The number of aromatic hydroxyl groups is 1. The number of phenols is 1. The lowest BCUT2D eigenvalue weighted by Crippen LogP contribution is -2.51. The first-order chi connectivity index (χ1) is 16.6. The topological polar surface area (TPSA) is 128 Å². The van der Waals surface area contributed by atoms with Crippen molar-refractivity contribution in [2.24, 2.45) is 10.9 Å². The van der Waals surface area contributed by atoms with Gasteiger partial charge in [0.15, 0.2) is 11.5 Å². The number of carbonyl (C=O) groups excluding carboxylic acids is 1. The molecule has 0 radical (unpaired) electrons. The van der Waals surface area contributed by atoms with Gasteiger partial charge in [0.25, 0.3) is 0 Å². The summed E-state index contributed by atoms with van der Waals surface area (Å²) in [6, 6.07) is 12.1. The monoisotopic (exact) mass is 482 g/mol. The van der Waals surface area contributed by atoms with Gasteiger partial charge in [-0.15, -0.1) is 0 Å². The van der Waals surface area contributed by atoms with Crippen LogP contribution >= 0.6 is 0 Å². The molecule has 0 aliphatic rings. The number of nitrogens with zero attached hydrogens (tertiary/aromatic N) is 3. The van der Waals surface area contributed by atoms with Crippen LogP contribution in [0.25, 0.3) is 0 Å². The van der Waals surface area contributed by atoms with Crippen LogP contribution < -0.4 is 21.7 Å². The number of aryl methyl sites for hydroxylation is 1. The number of nitrogens with one attached hydrogen (secondary N) is 1. The van der Waals surface area contributed by atoms with Crippen LogP contribution in [0.3, 0.4) is 0 Å². The van der Waals surface area contributed by atoms with Gasteiger partial charge in [-0.3, -0.25) is 14.3 Å². The van der Waals surface area contributed by atoms with E-state index in [4.69, 9.17) is 9.47 Å². The zero-order valence-electron chi connectivity index (χ0n) is 20.4. The third-order valence-electron chi connectivity index (χ3n) is 5.24. The number of H-pyrrole nitrogens is 1. The van der Waals surface area contributed by atoms with Crippen molar-refractivity contribution < 1.29 is 19.4 Å². The number of hydrogen-bond donors (Lipinski definition) is 2. The highest BCUT2D eigenvalue weighted by Gasteiger charge is 2.18. The Bertz CT molecular complexity index is 1380. The first kappa shape index (κ1) is 25.5. The Kier molecular flexibility index (Phi) is 7.95. The zero-order chi connectivity index (χ0) is 25.7. The molecule has 10 nitrogen and oxygen atoms in total. The molecule has 3 aromatic rings. The van der Waals surface area contributed by atoms with E-state index in [0.717, 1.165) is 15.7 Å². The van der Waals surface area contributed by atoms with Gasteiger partial charge < -0.3 is 14.6 Å². The Balaban J connectivity index is 2.15. The number of carbonyl (C=O) groups is 1. The van der Waals surface area contributed by atoms with E-state index in [1.54, 1.807) is 19.1 Å². The smallest absolute Gasteiger partial charge is 0.335 e. The number of ether oxygens (including phenoxy) is 2. The highest BCUT2D eigenvalue weighted by atomic mass is 16.5. The summed E-state index contributed by atoms with van der Waals surface area (Å²) in [6.45, 7) is 7.18. The van der Waals surface area contributed by atoms with Gasteiger partial charge in [-0.05, 0) is 38.5 Å². The van der Waals surface area contributed by atoms with E-state index >= 15 is 0 Å². The maximum atomic E-state index is 13.4. The van der Waals surface area contributed by atoms with Gasteiger partial charge in [-0.25, -0.2) is 19.1 Å². The third-order valence-corrected chi connectivity index (χ3v) is 5.24. The number of rotatable bonds is 8. The lowest BCUT2D eigenvalue weighted by molar-refractivity contribution is -0.145. The van der Waals surface area contributed by atoms with Crippen LogP contribution in [0.15, 0.2) is 57.0 Å². The largest absolute Gasteiger partial charge is 0.504 e. The normalized spacial score (nSPS) is 12.6. The molecule has 2 aromatic carbocycles. The van der Waals surface area contributed by atoms with Crippen molar-refractivity contribution in [3.05, 3.63) is 80.2 Å². The molecule has 10 heteroatoms. The molecule has 35 heavy (non-hydrogen) atoms. The first-order valence-corrected chi connectivity index (χ1v) is 11.2. The van der Waals surface area contributed by atoms with Gasteiger partial charge in [-0.1, -0.05) is 36.8 Å². The summed E-state index contributed by atoms with van der Waals surface area (Å²) < 4.78 is 12.5. The van der Waals surface area contributed by atoms with Gasteiger partial charge in [0.2, 0.25) is 5.62 Å². The summed E-state index contributed by atoms with van der Waals surface area (Å²) in [5.41, 5.74) is 0.846. The second kappa shape index (κ2) is 10.9. The average molecular weight is 483 g/mol. The second-order valence-electron chi connectivity index (χ2n) is 8.57. The van der Waals surface area contributed by atoms with E-state index < -0.39 is 23.3 Å². The molecule has 2 N–H and O–H groups in total. The van der Waals surface area contributed by atoms with Crippen molar-refractivity contribution in [3.8, 4) is 11.5 Å². The molecule has 0 bridgehead atoms. The SMILES string of the molecule is COC(=O)[C@@H](C)Cn1c(=O)[nH]/c(=N\c2ccc(OC(C)C)c(O)c2)n(Cc2ccc(C)cc2)c1=O. The van der Waals surface area contributed by atoms with Crippen molar-refractivity contribution >= 4 is 11.7 Å². The number of esters is 1. The Morgan fingerprint density at radius 2 is 1.77 bits per heavy atom. The standard InChI is InChI=1S/C25H30N4O6/c1-15(2)35-21-11-10-19(12-20(21)30)26-23-27-24(32)29(13-17(4)22(31)34-5)25(33)28(23)14-18-8-6-16(3)7-9-18/h6-12,15,17,30H,13-14H2,1-5H3,(H,26,27,32)/t17-/m0/s1. The Morgan fingerprint density at radius 1 is 1.09 bits per heavy atom. The molecule has 0 amide bonds. The molecule has 186 valence electrons. The summed E-state index contributed by atoms with van der Waals surface area (Å²) in [7, 11) is 1.25. The molecule has 3 rings (SSSR count). The molecule has 0 aliphatic heterocycles. The lowest BCUT2D eigenvalue weighted by atomic mass is 10.1. The second-order valence-corrected chi connectivity index (χ2v) is 8.57. The first-order valence-electron chi connectivity index (χ1n) is 11.2. The average Bonchev–Trinajstić information content (AvgIpc) is 2.81. The lowest BCUT2D eigenvalue weighted by Gasteiger charge is -2.14. The predicted octanol–water partition coefficient (Wildman–Crippen LogP) is 2.23. The highest BCUT2D eigenvalue weighted by Crippen LogP contribution is 2.30. The van der Waals surface area contributed by atoms with E-state index in [9.17, 15) is 19.5 Å². The number of benzene rings is 2. The predicted molar refractivity (Wildman–Crippen MR) is 130 cm³/mol.